The van der Waals surface area contributed by atoms with E-state index < -0.39 is 4.92 Å². The van der Waals surface area contributed by atoms with Crippen molar-refractivity contribution in [2.75, 3.05) is 0 Å². The quantitative estimate of drug-likeness (QED) is 0.422. The SMILES string of the molecule is [2H]c1ccc([2H])c([N+](=O)[O-])c1. The highest BCUT2D eigenvalue weighted by molar-refractivity contribution is 5.27. The van der Waals surface area contributed by atoms with E-state index in [4.69, 9.17) is 2.74 Å². The van der Waals surface area contributed by atoms with Gasteiger partial charge in [-0.15, -0.1) is 0 Å². The van der Waals surface area contributed by atoms with Crippen molar-refractivity contribution in [3.63, 3.8) is 0 Å². The lowest BCUT2D eigenvalue weighted by atomic mass is 10.3. The normalized spacial score (nSPS) is 12.0. The molecule has 0 heterocycles. The van der Waals surface area contributed by atoms with Gasteiger partial charge in [-0.05, 0) is 0 Å². The van der Waals surface area contributed by atoms with Crippen LogP contribution in [0.4, 0.5) is 5.69 Å². The highest BCUT2D eigenvalue weighted by Crippen LogP contribution is 2.06. The van der Waals surface area contributed by atoms with Gasteiger partial charge in [0.05, 0.1) is 7.66 Å². The van der Waals surface area contributed by atoms with E-state index in [0.29, 0.717) is 0 Å². The van der Waals surface area contributed by atoms with Crippen LogP contribution in [0.15, 0.2) is 30.3 Å². The Bertz CT molecular complexity index is 301. The van der Waals surface area contributed by atoms with Gasteiger partial charge in [0, 0.05) is 12.1 Å². The summed E-state index contributed by atoms with van der Waals surface area (Å²) >= 11 is 0. The molecule has 0 aliphatic heterocycles. The van der Waals surface area contributed by atoms with Gasteiger partial charge in [0.2, 0.25) is 0 Å². The monoisotopic (exact) mass is 125 g/mol. The van der Waals surface area contributed by atoms with Crippen molar-refractivity contribution in [3.05, 3.63) is 40.4 Å². The maximum Gasteiger partial charge on any atom is 0.269 e. The van der Waals surface area contributed by atoms with Crippen LogP contribution in [-0.4, -0.2) is 4.92 Å². The molecular formula is C6H5NO2. The van der Waals surface area contributed by atoms with E-state index in [1.165, 1.54) is 12.1 Å². The fourth-order valence-corrected chi connectivity index (χ4v) is 0.449. The van der Waals surface area contributed by atoms with E-state index >= 15 is 0 Å². The Kier molecular flexibility index (Phi) is 0.906. The molecule has 0 radical (unpaired) electrons. The van der Waals surface area contributed by atoms with Crippen LogP contribution in [0, 0.1) is 10.1 Å². The minimum Gasteiger partial charge on any atom is -0.258 e. The average molecular weight is 125 g/mol. The zero-order valence-electron chi connectivity index (χ0n) is 6.50. The number of hydrogen-bond acceptors (Lipinski definition) is 2. The van der Waals surface area contributed by atoms with Gasteiger partial charge in [-0.3, -0.25) is 10.1 Å². The predicted octanol–water partition coefficient (Wildman–Crippen LogP) is 1.59. The van der Waals surface area contributed by atoms with E-state index in [1.54, 1.807) is 0 Å². The zero-order valence-corrected chi connectivity index (χ0v) is 4.50. The Hall–Kier alpha value is -1.38. The topological polar surface area (TPSA) is 43.1 Å². The van der Waals surface area contributed by atoms with Crippen molar-refractivity contribution in [3.8, 4) is 0 Å². The second-order valence-electron chi connectivity index (χ2n) is 1.43. The molecule has 0 aliphatic carbocycles. The van der Waals surface area contributed by atoms with Gasteiger partial charge < -0.3 is 0 Å². The minimum atomic E-state index is -0.666. The van der Waals surface area contributed by atoms with Crippen molar-refractivity contribution < 1.29 is 7.66 Å². The molecule has 0 aliphatic rings. The third-order valence-corrected chi connectivity index (χ3v) is 0.828. The average Bonchev–Trinajstić information content (AvgIpc) is 1.94. The van der Waals surface area contributed by atoms with Gasteiger partial charge >= 0.3 is 0 Å². The molecule has 1 aromatic carbocycles. The molecule has 1 aromatic rings. The maximum atomic E-state index is 10.2. The van der Waals surface area contributed by atoms with Crippen molar-refractivity contribution in [1.82, 2.24) is 0 Å². The standard InChI is InChI=1S/C6H5NO2/c8-7(9)6-4-2-1-3-5-6/h1-5H/i2D,5D. The van der Waals surface area contributed by atoms with E-state index in [-0.39, 0.29) is 17.8 Å². The number of nitrogens with zero attached hydrogens (tertiary/aromatic N) is 1. The predicted molar refractivity (Wildman–Crippen MR) is 33.1 cm³/mol. The fourth-order valence-electron chi connectivity index (χ4n) is 0.449. The first-order valence-electron chi connectivity index (χ1n) is 3.33. The smallest absolute Gasteiger partial charge is 0.258 e. The first kappa shape index (κ1) is 3.61. The number of nitro groups is 1. The van der Waals surface area contributed by atoms with Crippen LogP contribution in [0.1, 0.15) is 2.74 Å². The van der Waals surface area contributed by atoms with Crippen molar-refractivity contribution in [2.24, 2.45) is 0 Å². The number of para-hydroxylation sites is 1. The Balaban J connectivity index is 3.23. The molecule has 0 atom stereocenters. The molecule has 46 valence electrons. The van der Waals surface area contributed by atoms with Crippen molar-refractivity contribution >= 4 is 5.69 Å². The summed E-state index contributed by atoms with van der Waals surface area (Å²) < 4.78 is 14.1. The van der Waals surface area contributed by atoms with E-state index in [0.717, 1.165) is 6.07 Å². The van der Waals surface area contributed by atoms with Crippen LogP contribution >= 0.6 is 0 Å². The lowest BCUT2D eigenvalue weighted by Crippen LogP contribution is -1.84. The van der Waals surface area contributed by atoms with Crippen LogP contribution in [0.5, 0.6) is 0 Å². The summed E-state index contributed by atoms with van der Waals surface area (Å²) in [6.07, 6.45) is 0. The number of rotatable bonds is 1. The van der Waals surface area contributed by atoms with E-state index in [2.05, 4.69) is 0 Å². The van der Waals surface area contributed by atoms with Gasteiger partial charge in [0.1, 0.15) is 0 Å². The summed E-state index contributed by atoms with van der Waals surface area (Å²) in [5, 5.41) is 10.2. The number of nitro benzene ring substituents is 1. The Morgan fingerprint density at radius 1 is 1.67 bits per heavy atom. The highest BCUT2D eigenvalue weighted by atomic mass is 16.6. The maximum absolute atomic E-state index is 10.2. The third kappa shape index (κ3) is 1.25. The molecule has 0 amide bonds. The summed E-state index contributed by atoms with van der Waals surface area (Å²) in [6, 6.07) is 3.52. The molecule has 1 rings (SSSR count). The van der Waals surface area contributed by atoms with Crippen LogP contribution in [-0.2, 0) is 0 Å². The second kappa shape index (κ2) is 2.26. The minimum absolute atomic E-state index is 0.0488. The third-order valence-electron chi connectivity index (χ3n) is 0.828. The molecular weight excluding hydrogens is 118 g/mol. The molecule has 3 nitrogen and oxygen atoms in total. The Morgan fingerprint density at radius 2 is 2.44 bits per heavy atom. The van der Waals surface area contributed by atoms with Gasteiger partial charge in [-0.2, -0.15) is 0 Å². The van der Waals surface area contributed by atoms with Crippen molar-refractivity contribution in [1.29, 1.82) is 0 Å². The summed E-state index contributed by atoms with van der Waals surface area (Å²) in [4.78, 5) is 9.51. The van der Waals surface area contributed by atoms with Crippen LogP contribution < -0.4 is 0 Å². The van der Waals surface area contributed by atoms with Crippen LogP contribution in [0.2, 0.25) is 0 Å². The molecule has 0 bridgehead atoms. The molecule has 0 saturated carbocycles. The van der Waals surface area contributed by atoms with Gasteiger partial charge in [0.15, 0.2) is 0 Å². The number of benzene rings is 1. The largest absolute Gasteiger partial charge is 0.269 e. The summed E-state index contributed by atoms with van der Waals surface area (Å²) in [5.74, 6) is 0. The summed E-state index contributed by atoms with van der Waals surface area (Å²) in [7, 11) is 0. The van der Waals surface area contributed by atoms with E-state index in [1.807, 2.05) is 0 Å². The van der Waals surface area contributed by atoms with Gasteiger partial charge in [0.25, 0.3) is 5.69 Å². The Morgan fingerprint density at radius 3 is 3.00 bits per heavy atom. The molecule has 0 N–H and O–H groups in total. The zero-order chi connectivity index (χ0) is 8.43. The highest BCUT2D eigenvalue weighted by Gasteiger charge is 1.98. The first-order chi connectivity index (χ1) is 5.11. The Labute approximate surface area is 54.9 Å². The first-order valence-corrected chi connectivity index (χ1v) is 2.33. The fraction of sp³-hybridized carbons (Fsp3) is 0. The molecule has 9 heavy (non-hydrogen) atoms. The summed E-state index contributed by atoms with van der Waals surface area (Å²) in [6.45, 7) is 0. The van der Waals surface area contributed by atoms with E-state index in [9.17, 15) is 10.1 Å². The second-order valence-corrected chi connectivity index (χ2v) is 1.43. The molecule has 0 unspecified atom stereocenters. The molecule has 0 aromatic heterocycles. The van der Waals surface area contributed by atoms with Gasteiger partial charge in [-0.1, -0.05) is 18.2 Å². The molecule has 0 spiro atoms. The van der Waals surface area contributed by atoms with Crippen molar-refractivity contribution in [2.45, 2.75) is 0 Å². The summed E-state index contributed by atoms with van der Waals surface area (Å²) in [5.41, 5.74) is -0.322. The lowest BCUT2D eigenvalue weighted by Gasteiger charge is -1.85. The molecule has 3 heteroatoms. The van der Waals surface area contributed by atoms with Crippen LogP contribution in [0.3, 0.4) is 0 Å². The number of hydrogen-bond donors (Lipinski definition) is 0. The lowest BCUT2D eigenvalue weighted by molar-refractivity contribution is -0.384. The molecule has 0 saturated heterocycles. The van der Waals surface area contributed by atoms with Gasteiger partial charge in [-0.25, -0.2) is 0 Å². The van der Waals surface area contributed by atoms with Crippen LogP contribution in [0.25, 0.3) is 0 Å². The molecule has 0 fully saturated rings.